The molecule has 1 N–H and O–H groups in total. The summed E-state index contributed by atoms with van der Waals surface area (Å²) in [5, 5.41) is 12.5. The first-order valence-electron chi connectivity index (χ1n) is 6.45. The number of anilines is 1. The van der Waals surface area contributed by atoms with E-state index in [9.17, 15) is 4.79 Å². The van der Waals surface area contributed by atoms with Crippen molar-refractivity contribution in [1.29, 1.82) is 0 Å². The maximum atomic E-state index is 10.8. The minimum absolute atomic E-state index is 0.222. The average Bonchev–Trinajstić information content (AvgIpc) is 3.04. The topological polar surface area (TPSA) is 40.5 Å². The molecule has 0 saturated heterocycles. The maximum Gasteiger partial charge on any atom is 0.160 e. The Hall–Kier alpha value is -1.43. The fraction of sp³-hybridized carbons (Fsp3) is 0.267. The molecule has 2 aromatic heterocycles. The van der Waals surface area contributed by atoms with E-state index in [0.29, 0.717) is 0 Å². The molecule has 0 aliphatic heterocycles. The largest absolute Gasteiger partial charge is 0.396 e. The van der Waals surface area contributed by atoms with Gasteiger partial charge in [-0.05, 0) is 41.5 Å². The summed E-state index contributed by atoms with van der Waals surface area (Å²) >= 11 is 3.29. The molecule has 0 saturated carbocycles. The molecule has 20 heavy (non-hydrogen) atoms. The van der Waals surface area contributed by atoms with Gasteiger partial charge in [-0.15, -0.1) is 22.7 Å². The number of hydrogen-bond acceptors (Lipinski definition) is 5. The molecule has 0 aliphatic rings. The van der Waals surface area contributed by atoms with Crippen LogP contribution in [0, 0.1) is 0 Å². The fourth-order valence-corrected chi connectivity index (χ4v) is 4.29. The van der Waals surface area contributed by atoms with E-state index in [1.807, 2.05) is 13.1 Å². The molecule has 0 radical (unpaired) electrons. The first-order valence-corrected chi connectivity index (χ1v) is 8.09. The third kappa shape index (κ3) is 2.44. The van der Waals surface area contributed by atoms with Gasteiger partial charge in [0.1, 0.15) is 0 Å². The number of aldehydes is 1. The van der Waals surface area contributed by atoms with Crippen LogP contribution in [-0.4, -0.2) is 31.6 Å². The van der Waals surface area contributed by atoms with E-state index in [4.69, 9.17) is 5.11 Å². The van der Waals surface area contributed by atoms with Crippen LogP contribution in [0.2, 0.25) is 0 Å². The molecule has 0 fully saturated rings. The number of thiophene rings is 2. The second-order valence-corrected chi connectivity index (χ2v) is 6.96. The second kappa shape index (κ2) is 5.52. The summed E-state index contributed by atoms with van der Waals surface area (Å²) in [5.74, 6) is 0. The Kier molecular flexibility index (Phi) is 3.74. The highest BCUT2D eigenvalue weighted by Gasteiger charge is 2.09. The number of carbonyl (C=O) groups is 1. The molecule has 0 aliphatic carbocycles. The van der Waals surface area contributed by atoms with Crippen LogP contribution in [-0.2, 0) is 0 Å². The molecular formula is C15H15NO2S2. The highest BCUT2D eigenvalue weighted by molar-refractivity contribution is 7.24. The van der Waals surface area contributed by atoms with Crippen molar-refractivity contribution in [3.05, 3.63) is 29.1 Å². The molecule has 1 aromatic carbocycles. The van der Waals surface area contributed by atoms with Crippen LogP contribution in [0.25, 0.3) is 20.2 Å². The summed E-state index contributed by atoms with van der Waals surface area (Å²) in [6.07, 6.45) is 1.69. The lowest BCUT2D eigenvalue weighted by Crippen LogP contribution is -2.17. The lowest BCUT2D eigenvalue weighted by atomic mass is 10.2. The number of benzene rings is 1. The van der Waals surface area contributed by atoms with Crippen LogP contribution in [0.3, 0.4) is 0 Å². The summed E-state index contributed by atoms with van der Waals surface area (Å²) < 4.78 is 2.40. The van der Waals surface area contributed by atoms with Crippen molar-refractivity contribution in [3.63, 3.8) is 0 Å². The minimum atomic E-state index is 0.222. The van der Waals surface area contributed by atoms with Crippen molar-refractivity contribution >= 4 is 54.1 Å². The van der Waals surface area contributed by atoms with Crippen molar-refractivity contribution in [3.8, 4) is 0 Å². The van der Waals surface area contributed by atoms with Gasteiger partial charge in [0.15, 0.2) is 6.29 Å². The first-order chi connectivity index (χ1) is 9.71. The molecule has 5 heteroatoms. The van der Waals surface area contributed by atoms with E-state index >= 15 is 0 Å². The number of hydrogen-bond donors (Lipinski definition) is 1. The Morgan fingerprint density at radius 3 is 2.65 bits per heavy atom. The van der Waals surface area contributed by atoms with E-state index in [2.05, 4.69) is 23.1 Å². The Bertz CT molecular complexity index is 709. The normalized spacial score (nSPS) is 11.3. The van der Waals surface area contributed by atoms with E-state index < -0.39 is 0 Å². The highest BCUT2D eigenvalue weighted by Crippen LogP contribution is 2.37. The molecule has 2 heterocycles. The Labute approximate surface area is 125 Å². The predicted molar refractivity (Wildman–Crippen MR) is 87.6 cm³/mol. The number of fused-ring (bicyclic) bond motifs is 2. The number of aliphatic hydroxyl groups is 1. The molecule has 3 rings (SSSR count). The molecule has 0 spiro atoms. The van der Waals surface area contributed by atoms with Gasteiger partial charge in [0.25, 0.3) is 0 Å². The summed E-state index contributed by atoms with van der Waals surface area (Å²) in [6, 6.07) is 8.43. The third-order valence-corrected chi connectivity index (χ3v) is 5.54. The van der Waals surface area contributed by atoms with Gasteiger partial charge in [0.2, 0.25) is 0 Å². The highest BCUT2D eigenvalue weighted by atomic mass is 32.1. The van der Waals surface area contributed by atoms with Crippen LogP contribution in [0.1, 0.15) is 16.1 Å². The van der Waals surface area contributed by atoms with Crippen LogP contribution in [0.5, 0.6) is 0 Å². The van der Waals surface area contributed by atoms with Crippen molar-refractivity contribution in [1.82, 2.24) is 0 Å². The van der Waals surface area contributed by atoms with Crippen LogP contribution in [0.4, 0.5) is 5.00 Å². The van der Waals surface area contributed by atoms with Gasteiger partial charge in [-0.2, -0.15) is 0 Å². The molecule has 0 unspecified atom stereocenters. The van der Waals surface area contributed by atoms with Crippen molar-refractivity contribution in [2.45, 2.75) is 6.42 Å². The summed E-state index contributed by atoms with van der Waals surface area (Å²) in [6.45, 7) is 1.08. The van der Waals surface area contributed by atoms with Gasteiger partial charge in [0, 0.05) is 29.6 Å². The van der Waals surface area contributed by atoms with Gasteiger partial charge in [-0.3, -0.25) is 4.79 Å². The van der Waals surface area contributed by atoms with Crippen molar-refractivity contribution in [2.24, 2.45) is 0 Å². The molecule has 3 aromatic rings. The average molecular weight is 305 g/mol. The zero-order valence-corrected chi connectivity index (χ0v) is 12.8. The lowest BCUT2D eigenvalue weighted by Gasteiger charge is -2.15. The van der Waals surface area contributed by atoms with Gasteiger partial charge in [-0.25, -0.2) is 0 Å². The van der Waals surface area contributed by atoms with Gasteiger partial charge >= 0.3 is 0 Å². The van der Waals surface area contributed by atoms with Gasteiger partial charge < -0.3 is 10.0 Å². The van der Waals surface area contributed by atoms with E-state index in [-0.39, 0.29) is 6.61 Å². The minimum Gasteiger partial charge on any atom is -0.396 e. The lowest BCUT2D eigenvalue weighted by molar-refractivity contribution is 0.112. The standard InChI is InChI=1S/C15H15NO2S2/c1-16(3-2-4-17)15-7-11-5-10-6-12(9-18)19-13(10)8-14(11)20-15/h5-9,17H,2-4H2,1H3. The molecule has 0 bridgehead atoms. The number of nitrogens with zero attached hydrogens (tertiary/aromatic N) is 1. The van der Waals surface area contributed by atoms with E-state index in [1.165, 1.54) is 26.4 Å². The SMILES string of the molecule is CN(CCCO)c1cc2cc3cc(C=O)sc3cc2s1. The van der Waals surface area contributed by atoms with Crippen LogP contribution < -0.4 is 4.90 Å². The smallest absolute Gasteiger partial charge is 0.160 e. The zero-order valence-electron chi connectivity index (χ0n) is 11.1. The molecule has 3 nitrogen and oxygen atoms in total. The van der Waals surface area contributed by atoms with Crippen LogP contribution >= 0.6 is 22.7 Å². The summed E-state index contributed by atoms with van der Waals surface area (Å²) in [5.41, 5.74) is 0. The number of carbonyl (C=O) groups excluding carboxylic acids is 1. The molecule has 0 amide bonds. The van der Waals surface area contributed by atoms with Gasteiger partial charge in [-0.1, -0.05) is 0 Å². The molecule has 0 atom stereocenters. The van der Waals surface area contributed by atoms with Crippen LogP contribution in [0.15, 0.2) is 24.3 Å². The maximum absolute atomic E-state index is 10.8. The quantitative estimate of drug-likeness (QED) is 0.730. The Balaban J connectivity index is 2.00. The van der Waals surface area contributed by atoms with Crippen molar-refractivity contribution in [2.75, 3.05) is 25.1 Å². The molecular weight excluding hydrogens is 290 g/mol. The van der Waals surface area contributed by atoms with Crippen molar-refractivity contribution < 1.29 is 9.90 Å². The number of rotatable bonds is 5. The van der Waals surface area contributed by atoms with Gasteiger partial charge in [0.05, 0.1) is 9.88 Å². The fourth-order valence-electron chi connectivity index (χ4n) is 2.25. The zero-order chi connectivity index (χ0) is 14.1. The summed E-state index contributed by atoms with van der Waals surface area (Å²) in [7, 11) is 2.05. The number of aliphatic hydroxyl groups excluding tert-OH is 1. The first kappa shape index (κ1) is 13.5. The van der Waals surface area contributed by atoms with E-state index in [1.54, 1.807) is 11.3 Å². The third-order valence-electron chi connectivity index (χ3n) is 3.31. The Morgan fingerprint density at radius 1 is 1.15 bits per heavy atom. The van der Waals surface area contributed by atoms with E-state index in [0.717, 1.165) is 34.2 Å². The second-order valence-electron chi connectivity index (χ2n) is 4.78. The predicted octanol–water partition coefficient (Wildman–Crippen LogP) is 3.75. The summed E-state index contributed by atoms with van der Waals surface area (Å²) in [4.78, 5) is 13.8. The Morgan fingerprint density at radius 2 is 1.90 bits per heavy atom. The monoisotopic (exact) mass is 305 g/mol. The molecule has 104 valence electrons.